The van der Waals surface area contributed by atoms with Crippen LogP contribution in [0.2, 0.25) is 5.02 Å². The zero-order valence-corrected chi connectivity index (χ0v) is 13.7. The van der Waals surface area contributed by atoms with Crippen LogP contribution in [0, 0.1) is 22.9 Å². The number of hydrogen-bond donors (Lipinski definition) is 1. The molecule has 7 nitrogen and oxygen atoms in total. The van der Waals surface area contributed by atoms with E-state index in [0.717, 1.165) is 18.2 Å². The predicted molar refractivity (Wildman–Crippen MR) is 88.2 cm³/mol. The van der Waals surface area contributed by atoms with Gasteiger partial charge in [-0.1, -0.05) is 17.7 Å². The number of hydrogen-bond acceptors (Lipinski definition) is 5. The van der Waals surface area contributed by atoms with E-state index < -0.39 is 34.9 Å². The molecule has 0 aliphatic carbocycles. The Balaban J connectivity index is 2.05. The van der Waals surface area contributed by atoms with Crippen molar-refractivity contribution >= 4 is 34.9 Å². The van der Waals surface area contributed by atoms with Crippen molar-refractivity contribution in [1.29, 1.82) is 0 Å². The molecule has 0 saturated heterocycles. The number of nitro benzene ring substituents is 1. The summed E-state index contributed by atoms with van der Waals surface area (Å²) in [6.07, 6.45) is 0. The molecule has 1 amide bonds. The molecule has 0 aliphatic heterocycles. The third-order valence-electron chi connectivity index (χ3n) is 3.18. The van der Waals surface area contributed by atoms with Gasteiger partial charge < -0.3 is 10.1 Å². The average molecular weight is 367 g/mol. The van der Waals surface area contributed by atoms with E-state index in [1.807, 2.05) is 0 Å². The third-order valence-corrected chi connectivity index (χ3v) is 3.42. The van der Waals surface area contributed by atoms with Gasteiger partial charge in [0, 0.05) is 16.8 Å². The Bertz CT molecular complexity index is 856. The maximum atomic E-state index is 13.2. The minimum Gasteiger partial charge on any atom is -0.452 e. The summed E-state index contributed by atoms with van der Waals surface area (Å²) in [7, 11) is 0. The highest BCUT2D eigenvalue weighted by Gasteiger charge is 2.22. The van der Waals surface area contributed by atoms with Crippen LogP contribution in [0.3, 0.4) is 0 Å². The van der Waals surface area contributed by atoms with Crippen LogP contribution in [0.25, 0.3) is 0 Å². The standard InChI is InChI=1S/C16H12ClFN2O5/c1-9-2-4-11(18)7-13(9)19-15(21)8-25-16(22)12-6-10(17)3-5-14(12)20(23)24/h2-7H,8H2,1H3,(H,19,21). The van der Waals surface area contributed by atoms with Crippen LogP contribution >= 0.6 is 11.6 Å². The Morgan fingerprint density at radius 1 is 1.28 bits per heavy atom. The molecule has 0 radical (unpaired) electrons. The number of carbonyl (C=O) groups excluding carboxylic acids is 2. The Hall–Kier alpha value is -3.00. The topological polar surface area (TPSA) is 98.5 Å². The monoisotopic (exact) mass is 366 g/mol. The molecule has 0 aromatic heterocycles. The number of anilines is 1. The molecule has 2 rings (SSSR count). The van der Waals surface area contributed by atoms with Crippen LogP contribution in [0.1, 0.15) is 15.9 Å². The van der Waals surface area contributed by atoms with Crippen LogP contribution in [-0.4, -0.2) is 23.4 Å². The number of nitro groups is 1. The van der Waals surface area contributed by atoms with E-state index in [1.54, 1.807) is 6.92 Å². The van der Waals surface area contributed by atoms with Crippen LogP contribution in [-0.2, 0) is 9.53 Å². The van der Waals surface area contributed by atoms with E-state index in [4.69, 9.17) is 16.3 Å². The van der Waals surface area contributed by atoms with Crippen molar-refractivity contribution in [2.45, 2.75) is 6.92 Å². The molecule has 0 fully saturated rings. The fourth-order valence-electron chi connectivity index (χ4n) is 1.95. The van der Waals surface area contributed by atoms with E-state index in [1.165, 1.54) is 18.2 Å². The second-order valence-electron chi connectivity index (χ2n) is 5.00. The maximum Gasteiger partial charge on any atom is 0.345 e. The van der Waals surface area contributed by atoms with E-state index in [2.05, 4.69) is 5.32 Å². The molecule has 0 unspecified atom stereocenters. The number of rotatable bonds is 5. The first kappa shape index (κ1) is 18.3. The second-order valence-corrected chi connectivity index (χ2v) is 5.44. The highest BCUT2D eigenvalue weighted by Crippen LogP contribution is 2.23. The summed E-state index contributed by atoms with van der Waals surface area (Å²) in [4.78, 5) is 34.0. The first-order chi connectivity index (χ1) is 11.8. The fraction of sp³-hybridized carbons (Fsp3) is 0.125. The molecule has 2 aromatic carbocycles. The summed E-state index contributed by atoms with van der Waals surface area (Å²) in [6, 6.07) is 7.24. The van der Waals surface area contributed by atoms with Crippen LogP contribution in [0.15, 0.2) is 36.4 Å². The van der Waals surface area contributed by atoms with Crippen molar-refractivity contribution in [2.24, 2.45) is 0 Å². The lowest BCUT2D eigenvalue weighted by Crippen LogP contribution is -2.21. The molecule has 25 heavy (non-hydrogen) atoms. The van der Waals surface area contributed by atoms with Gasteiger partial charge in [-0.15, -0.1) is 0 Å². The summed E-state index contributed by atoms with van der Waals surface area (Å²) in [5.74, 6) is -2.32. The number of nitrogens with one attached hydrogen (secondary N) is 1. The van der Waals surface area contributed by atoms with Gasteiger partial charge in [-0.05, 0) is 36.8 Å². The van der Waals surface area contributed by atoms with Gasteiger partial charge in [-0.3, -0.25) is 14.9 Å². The molecule has 0 spiro atoms. The molecular formula is C16H12ClFN2O5. The van der Waals surface area contributed by atoms with Crippen LogP contribution in [0.5, 0.6) is 0 Å². The lowest BCUT2D eigenvalue weighted by atomic mass is 10.2. The average Bonchev–Trinajstić information content (AvgIpc) is 2.55. The van der Waals surface area contributed by atoms with Crippen molar-refractivity contribution in [1.82, 2.24) is 0 Å². The molecule has 2 aromatic rings. The first-order valence-corrected chi connectivity index (χ1v) is 7.33. The highest BCUT2D eigenvalue weighted by atomic mass is 35.5. The number of carbonyl (C=O) groups is 2. The number of aryl methyl sites for hydroxylation is 1. The Morgan fingerprint density at radius 3 is 2.68 bits per heavy atom. The lowest BCUT2D eigenvalue weighted by Gasteiger charge is -2.09. The van der Waals surface area contributed by atoms with E-state index in [0.29, 0.717) is 5.56 Å². The van der Waals surface area contributed by atoms with Crippen molar-refractivity contribution in [3.8, 4) is 0 Å². The maximum absolute atomic E-state index is 13.2. The van der Waals surface area contributed by atoms with E-state index in [-0.39, 0.29) is 16.3 Å². The van der Waals surface area contributed by atoms with Gasteiger partial charge in [0.15, 0.2) is 6.61 Å². The minimum absolute atomic E-state index is 0.109. The normalized spacial score (nSPS) is 10.2. The fourth-order valence-corrected chi connectivity index (χ4v) is 2.13. The van der Waals surface area contributed by atoms with Gasteiger partial charge in [0.2, 0.25) is 0 Å². The Kier molecular flexibility index (Phi) is 5.66. The lowest BCUT2D eigenvalue weighted by molar-refractivity contribution is -0.385. The summed E-state index contributed by atoms with van der Waals surface area (Å²) < 4.78 is 17.9. The third kappa shape index (κ3) is 4.74. The number of nitrogens with zero attached hydrogens (tertiary/aromatic N) is 1. The van der Waals surface area contributed by atoms with Crippen molar-refractivity contribution < 1.29 is 23.6 Å². The molecular weight excluding hydrogens is 355 g/mol. The zero-order valence-electron chi connectivity index (χ0n) is 12.9. The molecule has 9 heteroatoms. The van der Waals surface area contributed by atoms with Crippen molar-refractivity contribution in [3.63, 3.8) is 0 Å². The molecule has 0 aliphatic rings. The van der Waals surface area contributed by atoms with Crippen molar-refractivity contribution in [3.05, 3.63) is 68.5 Å². The number of ether oxygens (including phenoxy) is 1. The van der Waals surface area contributed by atoms with Gasteiger partial charge in [0.25, 0.3) is 11.6 Å². The number of benzene rings is 2. The van der Waals surface area contributed by atoms with Gasteiger partial charge in [-0.2, -0.15) is 0 Å². The van der Waals surface area contributed by atoms with Gasteiger partial charge in [-0.25, -0.2) is 9.18 Å². The molecule has 0 bridgehead atoms. The number of amides is 1. The van der Waals surface area contributed by atoms with Crippen LogP contribution in [0.4, 0.5) is 15.8 Å². The minimum atomic E-state index is -1.07. The van der Waals surface area contributed by atoms with E-state index >= 15 is 0 Å². The van der Waals surface area contributed by atoms with Crippen LogP contribution < -0.4 is 5.32 Å². The Morgan fingerprint density at radius 2 is 2.00 bits per heavy atom. The smallest absolute Gasteiger partial charge is 0.345 e. The summed E-state index contributed by atoms with van der Waals surface area (Å²) >= 11 is 5.72. The van der Waals surface area contributed by atoms with E-state index in [9.17, 15) is 24.1 Å². The summed E-state index contributed by atoms with van der Waals surface area (Å²) in [6.45, 7) is 0.967. The van der Waals surface area contributed by atoms with Gasteiger partial charge >= 0.3 is 5.97 Å². The largest absolute Gasteiger partial charge is 0.452 e. The Labute approximate surface area is 146 Å². The zero-order chi connectivity index (χ0) is 18.6. The molecule has 0 heterocycles. The van der Waals surface area contributed by atoms with Gasteiger partial charge in [0.1, 0.15) is 11.4 Å². The molecule has 0 atom stereocenters. The molecule has 1 N–H and O–H groups in total. The molecule has 0 saturated carbocycles. The predicted octanol–water partition coefficient (Wildman–Crippen LogP) is 3.49. The van der Waals surface area contributed by atoms with Crippen molar-refractivity contribution in [2.75, 3.05) is 11.9 Å². The number of halogens is 2. The highest BCUT2D eigenvalue weighted by molar-refractivity contribution is 6.31. The first-order valence-electron chi connectivity index (χ1n) is 6.95. The molecule has 130 valence electrons. The summed E-state index contributed by atoms with van der Waals surface area (Å²) in [5, 5.41) is 13.4. The SMILES string of the molecule is Cc1ccc(F)cc1NC(=O)COC(=O)c1cc(Cl)ccc1[N+](=O)[O-]. The quantitative estimate of drug-likeness (QED) is 0.496. The van der Waals surface area contributed by atoms with Gasteiger partial charge in [0.05, 0.1) is 4.92 Å². The number of esters is 1. The second kappa shape index (κ2) is 7.71. The summed E-state index contributed by atoms with van der Waals surface area (Å²) in [5.41, 5.74) is -0.00985.